The molecule has 4 nitrogen and oxygen atoms in total. The molecule has 1 aromatic carbocycles. The van der Waals surface area contributed by atoms with Crippen LogP contribution in [-0.2, 0) is 14.1 Å². The molecule has 0 saturated heterocycles. The maximum atomic E-state index is 6.50. The third kappa shape index (κ3) is 3.37. The number of nitrogens with zero attached hydrogens (tertiary/aromatic N) is 3. The molecular formula is C27H36N3O+. The topological polar surface area (TPSA) is 34.8 Å². The quantitative estimate of drug-likeness (QED) is 0.328. The van der Waals surface area contributed by atoms with Crippen LogP contribution in [0.5, 0.6) is 0 Å². The van der Waals surface area contributed by atoms with E-state index < -0.39 is 0 Å². The molecule has 0 N–H and O–H groups in total. The number of fused-ring (bicyclic) bond motifs is 3. The summed E-state index contributed by atoms with van der Waals surface area (Å²) in [5.41, 5.74) is 7.81. The average molecular weight is 419 g/mol. The fraction of sp³-hybridized carbons (Fsp3) is 0.481. The zero-order valence-electron chi connectivity index (χ0n) is 20.3. The Morgan fingerprint density at radius 2 is 1.77 bits per heavy atom. The summed E-state index contributed by atoms with van der Waals surface area (Å²) < 4.78 is 11.1. The third-order valence-corrected chi connectivity index (χ3v) is 7.45. The van der Waals surface area contributed by atoms with Crippen LogP contribution in [0, 0.1) is 26.7 Å². The van der Waals surface area contributed by atoms with Crippen LogP contribution in [0.1, 0.15) is 68.6 Å². The standard InChI is InChI=1S/C27H36N3O/c1-9-11-20(10-2)17(4)21-14-15-22-23-13-12-16(3)28-26(23)31-25(22)24(21)27-29(7)18(5)19(6)30(27)8/h12-15,17,20H,9-11H2,1-8H3/q+1. The van der Waals surface area contributed by atoms with Crippen molar-refractivity contribution in [3.8, 4) is 11.4 Å². The van der Waals surface area contributed by atoms with E-state index in [0.717, 1.165) is 27.8 Å². The zero-order valence-corrected chi connectivity index (χ0v) is 20.3. The first-order valence-electron chi connectivity index (χ1n) is 11.6. The molecule has 31 heavy (non-hydrogen) atoms. The number of aromatic nitrogens is 3. The highest BCUT2D eigenvalue weighted by Gasteiger charge is 2.32. The molecule has 0 amide bonds. The number of benzene rings is 1. The van der Waals surface area contributed by atoms with Gasteiger partial charge in [0.1, 0.15) is 17.0 Å². The lowest BCUT2D eigenvalue weighted by Gasteiger charge is -2.24. The minimum atomic E-state index is 0.447. The van der Waals surface area contributed by atoms with E-state index in [1.54, 1.807) is 0 Å². The Kier molecular flexibility index (Phi) is 5.67. The van der Waals surface area contributed by atoms with Crippen molar-refractivity contribution in [1.29, 1.82) is 0 Å². The van der Waals surface area contributed by atoms with Gasteiger partial charge in [0, 0.05) is 30.3 Å². The van der Waals surface area contributed by atoms with E-state index in [9.17, 15) is 0 Å². The summed E-state index contributed by atoms with van der Waals surface area (Å²) in [6, 6.07) is 8.80. The third-order valence-electron chi connectivity index (χ3n) is 7.45. The molecule has 0 aliphatic heterocycles. The van der Waals surface area contributed by atoms with E-state index >= 15 is 0 Å². The lowest BCUT2D eigenvalue weighted by atomic mass is 9.80. The first kappa shape index (κ1) is 21.6. The van der Waals surface area contributed by atoms with Gasteiger partial charge in [-0.1, -0.05) is 52.2 Å². The van der Waals surface area contributed by atoms with Gasteiger partial charge < -0.3 is 4.42 Å². The Morgan fingerprint density at radius 1 is 1.06 bits per heavy atom. The zero-order chi connectivity index (χ0) is 22.4. The maximum absolute atomic E-state index is 6.50. The van der Waals surface area contributed by atoms with Crippen LogP contribution in [0.3, 0.4) is 0 Å². The van der Waals surface area contributed by atoms with Crippen molar-refractivity contribution in [3.05, 3.63) is 46.9 Å². The van der Waals surface area contributed by atoms with E-state index in [1.807, 2.05) is 6.92 Å². The second-order valence-electron chi connectivity index (χ2n) is 9.17. The molecule has 0 saturated carbocycles. The normalized spacial score (nSPS) is 13.9. The van der Waals surface area contributed by atoms with Gasteiger partial charge >= 0.3 is 0 Å². The van der Waals surface area contributed by atoms with Crippen LogP contribution in [-0.4, -0.2) is 9.55 Å². The number of rotatable bonds is 6. The molecule has 0 fully saturated rings. The highest BCUT2D eigenvalue weighted by molar-refractivity contribution is 6.08. The van der Waals surface area contributed by atoms with Gasteiger partial charge in [-0.25, -0.2) is 14.1 Å². The van der Waals surface area contributed by atoms with Gasteiger partial charge in [0.05, 0.1) is 14.1 Å². The highest BCUT2D eigenvalue weighted by atomic mass is 16.3. The smallest absolute Gasteiger partial charge is 0.292 e. The van der Waals surface area contributed by atoms with Gasteiger partial charge in [-0.2, -0.15) is 0 Å². The largest absolute Gasteiger partial charge is 0.437 e. The van der Waals surface area contributed by atoms with Gasteiger partial charge in [-0.15, -0.1) is 0 Å². The Labute approximate surface area is 185 Å². The van der Waals surface area contributed by atoms with Crippen LogP contribution >= 0.6 is 0 Å². The molecule has 2 atom stereocenters. The van der Waals surface area contributed by atoms with Gasteiger partial charge in [-0.3, -0.25) is 0 Å². The van der Waals surface area contributed by atoms with Crippen LogP contribution in [0.2, 0.25) is 0 Å². The Bertz CT molecular complexity index is 1240. The summed E-state index contributed by atoms with van der Waals surface area (Å²) in [7, 11) is 4.33. The number of furan rings is 1. The molecule has 4 rings (SSSR count). The number of pyridine rings is 1. The summed E-state index contributed by atoms with van der Waals surface area (Å²) in [5.74, 6) is 2.30. The molecular weight excluding hydrogens is 382 g/mol. The van der Waals surface area contributed by atoms with Crippen LogP contribution in [0.25, 0.3) is 33.5 Å². The van der Waals surface area contributed by atoms with E-state index in [1.165, 1.54) is 47.6 Å². The van der Waals surface area contributed by atoms with Crippen LogP contribution in [0.4, 0.5) is 0 Å². The van der Waals surface area contributed by atoms with Crippen molar-refractivity contribution in [2.75, 3.05) is 0 Å². The summed E-state index contributed by atoms with van der Waals surface area (Å²) in [5, 5.41) is 2.24. The number of hydrogen-bond donors (Lipinski definition) is 0. The van der Waals surface area contributed by atoms with Crippen molar-refractivity contribution < 1.29 is 8.98 Å². The Balaban J connectivity index is 2.10. The molecule has 0 spiro atoms. The Morgan fingerprint density at radius 3 is 2.39 bits per heavy atom. The summed E-state index contributed by atoms with van der Waals surface area (Å²) >= 11 is 0. The molecule has 2 unspecified atom stereocenters. The molecule has 3 aromatic heterocycles. The SMILES string of the molecule is CCCC(CC)C(C)c1ccc2c(oc3nc(C)ccc32)c1-c1n(C)c(C)c(C)[n+]1C. The molecule has 4 heteroatoms. The van der Waals surface area contributed by atoms with Gasteiger partial charge in [0.15, 0.2) is 5.58 Å². The maximum Gasteiger partial charge on any atom is 0.292 e. The van der Waals surface area contributed by atoms with Gasteiger partial charge in [0.25, 0.3) is 5.82 Å². The predicted molar refractivity (Wildman–Crippen MR) is 128 cm³/mol. The molecule has 0 aliphatic rings. The molecule has 164 valence electrons. The van der Waals surface area contributed by atoms with Crippen molar-refractivity contribution in [3.63, 3.8) is 0 Å². The Hall–Kier alpha value is -2.62. The van der Waals surface area contributed by atoms with Crippen molar-refractivity contribution in [2.24, 2.45) is 20.0 Å². The lowest BCUT2D eigenvalue weighted by Crippen LogP contribution is -2.33. The minimum absolute atomic E-state index is 0.447. The molecule has 0 radical (unpaired) electrons. The van der Waals surface area contributed by atoms with E-state index in [-0.39, 0.29) is 0 Å². The van der Waals surface area contributed by atoms with Crippen molar-refractivity contribution in [2.45, 2.75) is 66.7 Å². The second-order valence-corrected chi connectivity index (χ2v) is 9.17. The molecule has 0 bridgehead atoms. The van der Waals surface area contributed by atoms with E-state index in [4.69, 9.17) is 9.40 Å². The summed E-state index contributed by atoms with van der Waals surface area (Å²) in [6.07, 6.45) is 3.64. The molecule has 4 aromatic rings. The van der Waals surface area contributed by atoms with Crippen molar-refractivity contribution in [1.82, 2.24) is 9.55 Å². The van der Waals surface area contributed by atoms with E-state index in [0.29, 0.717) is 11.8 Å². The number of hydrogen-bond acceptors (Lipinski definition) is 2. The molecule has 3 heterocycles. The first-order valence-corrected chi connectivity index (χ1v) is 11.6. The van der Waals surface area contributed by atoms with Gasteiger partial charge in [0.2, 0.25) is 5.71 Å². The average Bonchev–Trinajstić information content (AvgIpc) is 3.21. The van der Waals surface area contributed by atoms with E-state index in [2.05, 4.69) is 82.1 Å². The monoisotopic (exact) mass is 418 g/mol. The second kappa shape index (κ2) is 8.14. The fourth-order valence-corrected chi connectivity index (χ4v) is 5.23. The number of imidazole rings is 1. The van der Waals surface area contributed by atoms with Crippen molar-refractivity contribution >= 4 is 22.1 Å². The fourth-order valence-electron chi connectivity index (χ4n) is 5.23. The van der Waals surface area contributed by atoms with Gasteiger partial charge in [-0.05, 0) is 36.5 Å². The molecule has 0 aliphatic carbocycles. The summed E-state index contributed by atoms with van der Waals surface area (Å²) in [4.78, 5) is 4.69. The highest BCUT2D eigenvalue weighted by Crippen LogP contribution is 2.42. The predicted octanol–water partition coefficient (Wildman–Crippen LogP) is 6.67. The lowest BCUT2D eigenvalue weighted by molar-refractivity contribution is -0.665. The first-order chi connectivity index (χ1) is 14.8. The minimum Gasteiger partial charge on any atom is -0.437 e. The van der Waals surface area contributed by atoms with Crippen LogP contribution in [0.15, 0.2) is 28.7 Å². The van der Waals surface area contributed by atoms with Crippen LogP contribution < -0.4 is 4.57 Å². The number of aryl methyl sites for hydroxylation is 1. The summed E-state index contributed by atoms with van der Waals surface area (Å²) in [6.45, 7) is 13.4.